The van der Waals surface area contributed by atoms with E-state index in [2.05, 4.69) is 31.2 Å². The van der Waals surface area contributed by atoms with E-state index in [-0.39, 0.29) is 5.97 Å². The molecule has 22 heavy (non-hydrogen) atoms. The summed E-state index contributed by atoms with van der Waals surface area (Å²) < 4.78 is 5.28. The molecule has 0 spiro atoms. The second kappa shape index (κ2) is 8.23. The standard InChI is InChI=1S/C19H23NO2/c1-15(16-8-3-2-4-9-16)7-5-6-14-22-19(21)17-10-12-18(20)13-11-17/h2-4,8-13,15H,5-7,14,20H2,1H3. The van der Waals surface area contributed by atoms with Crippen LogP contribution in [0.2, 0.25) is 0 Å². The van der Waals surface area contributed by atoms with Crippen molar-refractivity contribution in [1.29, 1.82) is 0 Å². The van der Waals surface area contributed by atoms with Crippen LogP contribution in [0.3, 0.4) is 0 Å². The van der Waals surface area contributed by atoms with Crippen molar-refractivity contribution >= 4 is 11.7 Å². The first-order chi connectivity index (χ1) is 10.7. The predicted molar refractivity (Wildman–Crippen MR) is 89.8 cm³/mol. The van der Waals surface area contributed by atoms with Gasteiger partial charge in [0.25, 0.3) is 0 Å². The smallest absolute Gasteiger partial charge is 0.338 e. The van der Waals surface area contributed by atoms with Crippen LogP contribution >= 0.6 is 0 Å². The minimum absolute atomic E-state index is 0.281. The maximum Gasteiger partial charge on any atom is 0.338 e. The fraction of sp³-hybridized carbons (Fsp3) is 0.316. The lowest BCUT2D eigenvalue weighted by molar-refractivity contribution is 0.0497. The highest BCUT2D eigenvalue weighted by molar-refractivity contribution is 5.89. The molecular formula is C19H23NO2. The van der Waals surface area contributed by atoms with Crippen LogP contribution in [0.4, 0.5) is 5.69 Å². The zero-order valence-electron chi connectivity index (χ0n) is 13.0. The lowest BCUT2D eigenvalue weighted by atomic mass is 9.96. The Hall–Kier alpha value is -2.29. The summed E-state index contributed by atoms with van der Waals surface area (Å²) in [4.78, 5) is 11.8. The number of nitrogen functional groups attached to an aromatic ring is 1. The van der Waals surface area contributed by atoms with Gasteiger partial charge in [0.05, 0.1) is 12.2 Å². The molecule has 3 nitrogen and oxygen atoms in total. The number of carbonyl (C=O) groups is 1. The van der Waals surface area contributed by atoms with Gasteiger partial charge in [-0.3, -0.25) is 0 Å². The number of carbonyl (C=O) groups excluding carboxylic acids is 1. The molecule has 0 aromatic heterocycles. The van der Waals surface area contributed by atoms with Crippen molar-refractivity contribution in [1.82, 2.24) is 0 Å². The molecule has 0 saturated heterocycles. The molecule has 0 fully saturated rings. The molecule has 0 amide bonds. The van der Waals surface area contributed by atoms with Crippen LogP contribution in [0.15, 0.2) is 54.6 Å². The van der Waals surface area contributed by atoms with E-state index in [0.29, 0.717) is 23.8 Å². The molecule has 2 aromatic carbocycles. The highest BCUT2D eigenvalue weighted by Crippen LogP contribution is 2.20. The van der Waals surface area contributed by atoms with Crippen LogP contribution < -0.4 is 5.73 Å². The fourth-order valence-corrected chi connectivity index (χ4v) is 2.37. The Bertz CT molecular complexity index is 578. The second-order valence-corrected chi connectivity index (χ2v) is 5.57. The van der Waals surface area contributed by atoms with Gasteiger partial charge in [0.1, 0.15) is 0 Å². The predicted octanol–water partition coefficient (Wildman–Crippen LogP) is 4.40. The van der Waals surface area contributed by atoms with Crippen LogP contribution in [-0.2, 0) is 4.74 Å². The average molecular weight is 297 g/mol. The van der Waals surface area contributed by atoms with Crippen molar-refractivity contribution in [3.63, 3.8) is 0 Å². The third-order valence-corrected chi connectivity index (χ3v) is 3.78. The molecular weight excluding hydrogens is 274 g/mol. The molecule has 3 heteroatoms. The molecule has 2 aromatic rings. The molecule has 116 valence electrons. The molecule has 1 unspecified atom stereocenters. The van der Waals surface area contributed by atoms with Crippen molar-refractivity contribution in [2.45, 2.75) is 32.1 Å². The normalized spacial score (nSPS) is 11.9. The van der Waals surface area contributed by atoms with Crippen LogP contribution in [-0.4, -0.2) is 12.6 Å². The molecule has 0 saturated carbocycles. The van der Waals surface area contributed by atoms with Gasteiger partial charge >= 0.3 is 5.97 Å². The number of nitrogens with two attached hydrogens (primary N) is 1. The van der Waals surface area contributed by atoms with E-state index in [9.17, 15) is 4.79 Å². The molecule has 2 N–H and O–H groups in total. The molecule has 0 heterocycles. The zero-order chi connectivity index (χ0) is 15.8. The first kappa shape index (κ1) is 16.1. The molecule has 0 aliphatic heterocycles. The van der Waals surface area contributed by atoms with Gasteiger partial charge in [-0.25, -0.2) is 4.79 Å². The summed E-state index contributed by atoms with van der Waals surface area (Å²) in [5, 5.41) is 0. The SMILES string of the molecule is CC(CCCCOC(=O)c1ccc(N)cc1)c1ccccc1. The van der Waals surface area contributed by atoms with E-state index >= 15 is 0 Å². The van der Waals surface area contributed by atoms with Gasteiger partial charge in [-0.1, -0.05) is 37.3 Å². The Morgan fingerprint density at radius 2 is 1.73 bits per heavy atom. The molecule has 0 radical (unpaired) electrons. The summed E-state index contributed by atoms with van der Waals surface area (Å²) in [6.45, 7) is 2.69. The summed E-state index contributed by atoms with van der Waals surface area (Å²) in [7, 11) is 0. The number of anilines is 1. The van der Waals surface area contributed by atoms with Crippen LogP contribution in [0.25, 0.3) is 0 Å². The first-order valence-corrected chi connectivity index (χ1v) is 7.74. The van der Waals surface area contributed by atoms with Crippen molar-refractivity contribution in [3.8, 4) is 0 Å². The first-order valence-electron chi connectivity index (χ1n) is 7.74. The summed E-state index contributed by atoms with van der Waals surface area (Å²) in [6.07, 6.45) is 3.03. The second-order valence-electron chi connectivity index (χ2n) is 5.57. The molecule has 0 aliphatic carbocycles. The lowest BCUT2D eigenvalue weighted by Gasteiger charge is -2.11. The topological polar surface area (TPSA) is 52.3 Å². The summed E-state index contributed by atoms with van der Waals surface area (Å²) in [5.41, 5.74) is 8.15. The van der Waals surface area contributed by atoms with Gasteiger partial charge < -0.3 is 10.5 Å². The van der Waals surface area contributed by atoms with Gasteiger partial charge in [-0.2, -0.15) is 0 Å². The maximum atomic E-state index is 11.8. The number of rotatable bonds is 7. The highest BCUT2D eigenvalue weighted by Gasteiger charge is 2.07. The quantitative estimate of drug-likeness (QED) is 0.468. The Morgan fingerprint density at radius 3 is 2.41 bits per heavy atom. The average Bonchev–Trinajstić information content (AvgIpc) is 2.55. The lowest BCUT2D eigenvalue weighted by Crippen LogP contribution is -2.06. The minimum Gasteiger partial charge on any atom is -0.462 e. The monoisotopic (exact) mass is 297 g/mol. The third-order valence-electron chi connectivity index (χ3n) is 3.78. The number of hydrogen-bond acceptors (Lipinski definition) is 3. The maximum absolute atomic E-state index is 11.8. The third kappa shape index (κ3) is 4.92. The van der Waals surface area contributed by atoms with Crippen molar-refractivity contribution < 1.29 is 9.53 Å². The summed E-state index contributed by atoms with van der Waals surface area (Å²) >= 11 is 0. The van der Waals surface area contributed by atoms with Gasteiger partial charge in [0, 0.05) is 5.69 Å². The molecule has 1 atom stereocenters. The van der Waals surface area contributed by atoms with E-state index in [1.807, 2.05) is 6.07 Å². The fourth-order valence-electron chi connectivity index (χ4n) is 2.37. The van der Waals surface area contributed by atoms with Gasteiger partial charge in [-0.15, -0.1) is 0 Å². The number of benzene rings is 2. The number of ether oxygens (including phenoxy) is 1. The van der Waals surface area contributed by atoms with Gasteiger partial charge in [0.15, 0.2) is 0 Å². The largest absolute Gasteiger partial charge is 0.462 e. The Balaban J connectivity index is 1.65. The van der Waals surface area contributed by atoms with Gasteiger partial charge in [0.2, 0.25) is 0 Å². The van der Waals surface area contributed by atoms with Crippen LogP contribution in [0.5, 0.6) is 0 Å². The van der Waals surface area contributed by atoms with E-state index in [1.165, 1.54) is 5.56 Å². The van der Waals surface area contributed by atoms with Crippen molar-refractivity contribution in [3.05, 3.63) is 65.7 Å². The molecule has 0 bridgehead atoms. The molecule has 0 aliphatic rings. The number of esters is 1. The van der Waals surface area contributed by atoms with E-state index < -0.39 is 0 Å². The minimum atomic E-state index is -0.281. The Kier molecular flexibility index (Phi) is 6.01. The van der Waals surface area contributed by atoms with Crippen molar-refractivity contribution in [2.75, 3.05) is 12.3 Å². The van der Waals surface area contributed by atoms with E-state index in [4.69, 9.17) is 10.5 Å². The zero-order valence-corrected chi connectivity index (χ0v) is 13.0. The van der Waals surface area contributed by atoms with Gasteiger partial charge in [-0.05, 0) is 55.0 Å². The van der Waals surface area contributed by atoms with Crippen LogP contribution in [0, 0.1) is 0 Å². The Labute approximate surface area is 132 Å². The van der Waals surface area contributed by atoms with E-state index in [1.54, 1.807) is 24.3 Å². The number of hydrogen-bond donors (Lipinski definition) is 1. The highest BCUT2D eigenvalue weighted by atomic mass is 16.5. The summed E-state index contributed by atoms with van der Waals surface area (Å²) in [5.74, 6) is 0.255. The number of unbranched alkanes of at least 4 members (excludes halogenated alkanes) is 1. The van der Waals surface area contributed by atoms with E-state index in [0.717, 1.165) is 19.3 Å². The Morgan fingerprint density at radius 1 is 1.05 bits per heavy atom. The van der Waals surface area contributed by atoms with Crippen molar-refractivity contribution in [2.24, 2.45) is 0 Å². The molecule has 2 rings (SSSR count). The van der Waals surface area contributed by atoms with Crippen LogP contribution in [0.1, 0.15) is 48.0 Å². The summed E-state index contributed by atoms with van der Waals surface area (Å²) in [6, 6.07) is 17.3.